The van der Waals surface area contributed by atoms with Crippen LogP contribution in [0.25, 0.3) is 0 Å². The molecule has 1 aliphatic rings. The predicted molar refractivity (Wildman–Crippen MR) is 59.0 cm³/mol. The summed E-state index contributed by atoms with van der Waals surface area (Å²) in [5.41, 5.74) is 5.93. The highest BCUT2D eigenvalue weighted by Gasteiger charge is 2.43. The number of benzene rings is 1. The molecular formula is C11H14FNO2S. The van der Waals surface area contributed by atoms with E-state index in [0.717, 1.165) is 25.0 Å². The fourth-order valence-corrected chi connectivity index (χ4v) is 3.88. The van der Waals surface area contributed by atoms with E-state index in [1.54, 1.807) is 0 Å². The molecule has 0 radical (unpaired) electrons. The van der Waals surface area contributed by atoms with Gasteiger partial charge in [-0.15, -0.1) is 0 Å². The summed E-state index contributed by atoms with van der Waals surface area (Å²) in [6.07, 6.45) is 2.62. The Morgan fingerprint density at radius 1 is 1.12 bits per heavy atom. The first kappa shape index (κ1) is 11.5. The minimum atomic E-state index is -3.54. The quantitative estimate of drug-likeness (QED) is 0.806. The van der Waals surface area contributed by atoms with Gasteiger partial charge in [0.15, 0.2) is 9.84 Å². The van der Waals surface area contributed by atoms with Crippen LogP contribution >= 0.6 is 0 Å². The van der Waals surface area contributed by atoms with Crippen molar-refractivity contribution in [3.63, 3.8) is 0 Å². The molecule has 0 heterocycles. The maximum absolute atomic E-state index is 12.7. The Bertz CT molecular complexity index is 475. The fourth-order valence-electron chi connectivity index (χ4n) is 2.09. The lowest BCUT2D eigenvalue weighted by atomic mass is 10.3. The highest BCUT2D eigenvalue weighted by molar-refractivity contribution is 7.92. The number of sulfone groups is 1. The van der Waals surface area contributed by atoms with Crippen LogP contribution in [-0.2, 0) is 9.84 Å². The lowest BCUT2D eigenvalue weighted by Crippen LogP contribution is -2.44. The number of rotatable bonds is 2. The molecule has 0 saturated heterocycles. The molecule has 0 aliphatic heterocycles. The number of hydrogen-bond donors (Lipinski definition) is 1. The molecule has 1 aromatic rings. The SMILES string of the molecule is NC1(S(=O)(=O)c2ccc(F)cc2)CCCC1. The second kappa shape index (κ2) is 3.82. The molecule has 1 fully saturated rings. The second-order valence-electron chi connectivity index (χ2n) is 4.23. The van der Waals surface area contributed by atoms with Crippen molar-refractivity contribution in [2.24, 2.45) is 5.73 Å². The smallest absolute Gasteiger partial charge is 0.196 e. The number of halogens is 1. The van der Waals surface area contributed by atoms with Crippen LogP contribution < -0.4 is 5.73 Å². The average Bonchev–Trinajstić information content (AvgIpc) is 2.67. The second-order valence-corrected chi connectivity index (χ2v) is 6.52. The number of nitrogens with two attached hydrogens (primary N) is 1. The minimum absolute atomic E-state index is 0.110. The first-order valence-corrected chi connectivity index (χ1v) is 6.73. The van der Waals surface area contributed by atoms with Gasteiger partial charge in [-0.1, -0.05) is 12.8 Å². The molecule has 0 bridgehead atoms. The van der Waals surface area contributed by atoms with Crippen molar-refractivity contribution in [3.05, 3.63) is 30.1 Å². The van der Waals surface area contributed by atoms with Crippen LogP contribution in [0.5, 0.6) is 0 Å². The first-order valence-electron chi connectivity index (χ1n) is 5.25. The summed E-state index contributed by atoms with van der Waals surface area (Å²) in [7, 11) is -3.54. The molecule has 1 aromatic carbocycles. The van der Waals surface area contributed by atoms with Gasteiger partial charge in [0.25, 0.3) is 0 Å². The number of hydrogen-bond acceptors (Lipinski definition) is 3. The normalized spacial score (nSPS) is 19.9. The highest BCUT2D eigenvalue weighted by Crippen LogP contribution is 2.35. The summed E-state index contributed by atoms with van der Waals surface area (Å²) in [6.45, 7) is 0. The lowest BCUT2D eigenvalue weighted by Gasteiger charge is -2.23. The zero-order valence-corrected chi connectivity index (χ0v) is 9.63. The average molecular weight is 243 g/mol. The first-order chi connectivity index (χ1) is 7.46. The molecule has 1 aliphatic carbocycles. The molecule has 0 amide bonds. The van der Waals surface area contributed by atoms with E-state index in [2.05, 4.69) is 0 Å². The summed E-state index contributed by atoms with van der Waals surface area (Å²) in [6, 6.07) is 4.84. The van der Waals surface area contributed by atoms with E-state index in [0.29, 0.717) is 12.8 Å². The fraction of sp³-hybridized carbons (Fsp3) is 0.455. The topological polar surface area (TPSA) is 60.2 Å². The Balaban J connectivity index is 2.42. The van der Waals surface area contributed by atoms with Crippen LogP contribution in [-0.4, -0.2) is 13.3 Å². The van der Waals surface area contributed by atoms with Crippen molar-refractivity contribution in [1.29, 1.82) is 0 Å². The molecule has 1 saturated carbocycles. The van der Waals surface area contributed by atoms with Crippen molar-refractivity contribution in [2.45, 2.75) is 35.4 Å². The van der Waals surface area contributed by atoms with Gasteiger partial charge in [-0.3, -0.25) is 0 Å². The molecular weight excluding hydrogens is 229 g/mol. The van der Waals surface area contributed by atoms with Gasteiger partial charge >= 0.3 is 0 Å². The van der Waals surface area contributed by atoms with Crippen molar-refractivity contribution in [1.82, 2.24) is 0 Å². The highest BCUT2D eigenvalue weighted by atomic mass is 32.2. The largest absolute Gasteiger partial charge is 0.312 e. The Kier molecular flexibility index (Phi) is 2.75. The Morgan fingerprint density at radius 2 is 1.62 bits per heavy atom. The Labute approximate surface area is 94.4 Å². The Hall–Kier alpha value is -0.940. The third-order valence-corrected chi connectivity index (χ3v) is 5.48. The van der Waals surface area contributed by atoms with Crippen molar-refractivity contribution < 1.29 is 12.8 Å². The van der Waals surface area contributed by atoms with E-state index in [9.17, 15) is 12.8 Å². The Morgan fingerprint density at radius 3 is 2.12 bits per heavy atom. The molecule has 2 rings (SSSR count). The summed E-state index contributed by atoms with van der Waals surface area (Å²) >= 11 is 0. The van der Waals surface area contributed by atoms with Crippen LogP contribution in [0.2, 0.25) is 0 Å². The van der Waals surface area contributed by atoms with Gasteiger partial charge in [0.2, 0.25) is 0 Å². The van der Waals surface area contributed by atoms with Crippen LogP contribution in [0.4, 0.5) is 4.39 Å². The monoisotopic (exact) mass is 243 g/mol. The third-order valence-electron chi connectivity index (χ3n) is 3.11. The summed E-state index contributed by atoms with van der Waals surface area (Å²) < 4.78 is 37.2. The van der Waals surface area contributed by atoms with Gasteiger partial charge in [0, 0.05) is 0 Å². The molecule has 0 atom stereocenters. The van der Waals surface area contributed by atoms with Gasteiger partial charge in [-0.2, -0.15) is 0 Å². The molecule has 3 nitrogen and oxygen atoms in total. The lowest BCUT2D eigenvalue weighted by molar-refractivity contribution is 0.520. The minimum Gasteiger partial charge on any atom is -0.312 e. The zero-order chi connectivity index (χ0) is 11.8. The van der Waals surface area contributed by atoms with Crippen LogP contribution in [0, 0.1) is 5.82 Å². The van der Waals surface area contributed by atoms with Crippen molar-refractivity contribution >= 4 is 9.84 Å². The zero-order valence-electron chi connectivity index (χ0n) is 8.82. The van der Waals surface area contributed by atoms with Crippen LogP contribution in [0.3, 0.4) is 0 Å². The van der Waals surface area contributed by atoms with E-state index < -0.39 is 20.5 Å². The van der Waals surface area contributed by atoms with Crippen LogP contribution in [0.1, 0.15) is 25.7 Å². The summed E-state index contributed by atoms with van der Waals surface area (Å²) in [5, 5.41) is 0. The van der Waals surface area contributed by atoms with Gasteiger partial charge in [-0.25, -0.2) is 12.8 Å². The predicted octanol–water partition coefficient (Wildman–Crippen LogP) is 1.83. The van der Waals surface area contributed by atoms with E-state index >= 15 is 0 Å². The maximum Gasteiger partial charge on any atom is 0.196 e. The van der Waals surface area contributed by atoms with Crippen molar-refractivity contribution in [2.75, 3.05) is 0 Å². The standard InChI is InChI=1S/C11H14FNO2S/c12-9-3-5-10(6-4-9)16(14,15)11(13)7-1-2-8-11/h3-6H,1-2,7-8,13H2. The van der Waals surface area contributed by atoms with Crippen molar-refractivity contribution in [3.8, 4) is 0 Å². The molecule has 5 heteroatoms. The van der Waals surface area contributed by atoms with Gasteiger partial charge < -0.3 is 5.73 Å². The van der Waals surface area contributed by atoms with Gasteiger partial charge in [-0.05, 0) is 37.1 Å². The molecule has 2 N–H and O–H groups in total. The van der Waals surface area contributed by atoms with Gasteiger partial charge in [0.1, 0.15) is 10.7 Å². The third kappa shape index (κ3) is 1.74. The maximum atomic E-state index is 12.7. The molecule has 16 heavy (non-hydrogen) atoms. The van der Waals surface area contributed by atoms with Gasteiger partial charge in [0.05, 0.1) is 4.90 Å². The van der Waals surface area contributed by atoms with Crippen LogP contribution in [0.15, 0.2) is 29.2 Å². The van der Waals surface area contributed by atoms with E-state index in [-0.39, 0.29) is 4.90 Å². The summed E-state index contributed by atoms with van der Waals surface area (Å²) in [5.74, 6) is -0.448. The molecule has 0 aromatic heterocycles. The van der Waals surface area contributed by atoms with E-state index in [1.165, 1.54) is 12.1 Å². The van der Waals surface area contributed by atoms with E-state index in [4.69, 9.17) is 5.73 Å². The molecule has 0 unspecified atom stereocenters. The molecule has 0 spiro atoms. The summed E-state index contributed by atoms with van der Waals surface area (Å²) in [4.78, 5) is -1.05. The van der Waals surface area contributed by atoms with E-state index in [1.807, 2.05) is 0 Å². The molecule has 88 valence electrons.